The second kappa shape index (κ2) is 9.52. The molecule has 2 N–H and O–H groups in total. The molecule has 33 heavy (non-hydrogen) atoms. The highest BCUT2D eigenvalue weighted by atomic mass is 19.2. The van der Waals surface area contributed by atoms with Crippen LogP contribution in [-0.4, -0.2) is 30.1 Å². The number of aromatic nitrogens is 2. The van der Waals surface area contributed by atoms with Crippen LogP contribution in [0.2, 0.25) is 0 Å². The number of nitrogens with zero attached hydrogens (tertiary/aromatic N) is 1. The Hall–Kier alpha value is -4.20. The maximum absolute atomic E-state index is 13.4. The van der Waals surface area contributed by atoms with Crippen molar-refractivity contribution in [3.05, 3.63) is 89.6 Å². The lowest BCUT2D eigenvalue weighted by Crippen LogP contribution is -2.23. The van der Waals surface area contributed by atoms with Gasteiger partial charge in [-0.05, 0) is 48.0 Å². The van der Waals surface area contributed by atoms with Gasteiger partial charge in [0.05, 0.1) is 26.1 Å². The number of ether oxygens (including phenoxy) is 2. The van der Waals surface area contributed by atoms with Gasteiger partial charge in [0.1, 0.15) is 17.3 Å². The highest BCUT2D eigenvalue weighted by Crippen LogP contribution is 2.33. The Morgan fingerprint density at radius 1 is 1.00 bits per heavy atom. The van der Waals surface area contributed by atoms with Crippen molar-refractivity contribution in [3.8, 4) is 34.1 Å². The number of benzene rings is 3. The van der Waals surface area contributed by atoms with Crippen LogP contribution >= 0.6 is 0 Å². The van der Waals surface area contributed by atoms with Crippen molar-refractivity contribution in [1.82, 2.24) is 15.3 Å². The number of H-pyrrole nitrogens is 1. The van der Waals surface area contributed by atoms with Crippen LogP contribution in [0.1, 0.15) is 15.9 Å². The van der Waals surface area contributed by atoms with Gasteiger partial charge in [0.2, 0.25) is 0 Å². The fourth-order valence-electron chi connectivity index (χ4n) is 3.38. The molecule has 0 spiro atoms. The summed E-state index contributed by atoms with van der Waals surface area (Å²) in [5, 5.41) is 2.71. The Labute approximate surface area is 189 Å². The maximum Gasteiger partial charge on any atom is 0.251 e. The third-order valence-corrected chi connectivity index (χ3v) is 5.11. The number of carbonyl (C=O) groups excluding carboxylic acids is 1. The second-order valence-electron chi connectivity index (χ2n) is 7.22. The summed E-state index contributed by atoms with van der Waals surface area (Å²) in [6.45, 7) is 0.211. The van der Waals surface area contributed by atoms with Gasteiger partial charge in [0.25, 0.3) is 5.91 Å². The first-order valence-electron chi connectivity index (χ1n) is 10.1. The van der Waals surface area contributed by atoms with Gasteiger partial charge in [-0.2, -0.15) is 0 Å². The summed E-state index contributed by atoms with van der Waals surface area (Å²) < 4.78 is 37.2. The van der Waals surface area contributed by atoms with E-state index in [-0.39, 0.29) is 12.1 Å². The minimum atomic E-state index is -1.06. The number of hydrogen-bond donors (Lipinski definition) is 2. The van der Waals surface area contributed by atoms with E-state index in [1.807, 2.05) is 42.5 Å². The van der Waals surface area contributed by atoms with Crippen molar-refractivity contribution in [3.63, 3.8) is 0 Å². The molecule has 0 aliphatic carbocycles. The molecule has 0 aliphatic heterocycles. The lowest BCUT2D eigenvalue weighted by molar-refractivity contribution is 0.0950. The van der Waals surface area contributed by atoms with E-state index < -0.39 is 17.5 Å². The molecule has 0 unspecified atom stereocenters. The molecular formula is C25H21F2N3O3. The van der Waals surface area contributed by atoms with E-state index in [1.165, 1.54) is 6.07 Å². The standard InChI is InChI=1S/C25H21F2N3O3/c1-32-18-7-9-23(33-2)19(12-18)22-14-28-24(30-22)16-5-3-4-15(10-16)13-29-25(31)17-6-8-20(26)21(27)11-17/h3-12,14H,13H2,1-2H3,(H,28,30)(H,29,31). The van der Waals surface area contributed by atoms with Crippen molar-refractivity contribution in [2.24, 2.45) is 0 Å². The van der Waals surface area contributed by atoms with Crippen LogP contribution in [0.5, 0.6) is 11.5 Å². The van der Waals surface area contributed by atoms with Gasteiger partial charge in [0.15, 0.2) is 11.6 Å². The fraction of sp³-hybridized carbons (Fsp3) is 0.120. The monoisotopic (exact) mass is 449 g/mol. The lowest BCUT2D eigenvalue weighted by Gasteiger charge is -2.09. The molecule has 1 amide bonds. The summed E-state index contributed by atoms with van der Waals surface area (Å²) in [5.74, 6) is -0.539. The van der Waals surface area contributed by atoms with E-state index in [2.05, 4.69) is 15.3 Å². The third-order valence-electron chi connectivity index (χ3n) is 5.11. The minimum Gasteiger partial charge on any atom is -0.497 e. The molecule has 1 aromatic heterocycles. The van der Waals surface area contributed by atoms with E-state index in [0.29, 0.717) is 17.3 Å². The van der Waals surface area contributed by atoms with Gasteiger partial charge in [-0.25, -0.2) is 13.8 Å². The number of carbonyl (C=O) groups is 1. The topological polar surface area (TPSA) is 76.2 Å². The maximum atomic E-state index is 13.4. The quantitative estimate of drug-likeness (QED) is 0.418. The van der Waals surface area contributed by atoms with E-state index in [0.717, 1.165) is 34.5 Å². The number of rotatable bonds is 7. The Kier molecular flexibility index (Phi) is 6.35. The molecule has 3 aromatic carbocycles. The van der Waals surface area contributed by atoms with Crippen molar-refractivity contribution >= 4 is 5.91 Å². The first-order chi connectivity index (χ1) is 16.0. The van der Waals surface area contributed by atoms with Crippen LogP contribution in [0, 0.1) is 11.6 Å². The van der Waals surface area contributed by atoms with Crippen molar-refractivity contribution < 1.29 is 23.0 Å². The summed E-state index contributed by atoms with van der Waals surface area (Å²) in [6, 6.07) is 16.0. The highest BCUT2D eigenvalue weighted by molar-refractivity contribution is 5.94. The number of hydrogen-bond acceptors (Lipinski definition) is 4. The van der Waals surface area contributed by atoms with Gasteiger partial charge >= 0.3 is 0 Å². The van der Waals surface area contributed by atoms with Gasteiger partial charge in [-0.15, -0.1) is 0 Å². The van der Waals surface area contributed by atoms with Crippen LogP contribution in [0.15, 0.2) is 66.9 Å². The lowest BCUT2D eigenvalue weighted by atomic mass is 10.1. The minimum absolute atomic E-state index is 0.0490. The summed E-state index contributed by atoms with van der Waals surface area (Å²) in [4.78, 5) is 20.0. The smallest absolute Gasteiger partial charge is 0.251 e. The van der Waals surface area contributed by atoms with Crippen molar-refractivity contribution in [2.75, 3.05) is 14.2 Å². The molecule has 6 nitrogen and oxygen atoms in total. The molecule has 168 valence electrons. The molecule has 0 fully saturated rings. The number of aromatic amines is 1. The zero-order chi connectivity index (χ0) is 23.4. The summed E-state index contributed by atoms with van der Waals surface area (Å²) in [7, 11) is 3.20. The van der Waals surface area contributed by atoms with Crippen LogP contribution < -0.4 is 14.8 Å². The van der Waals surface area contributed by atoms with Crippen molar-refractivity contribution in [2.45, 2.75) is 6.54 Å². The highest BCUT2D eigenvalue weighted by Gasteiger charge is 2.13. The van der Waals surface area contributed by atoms with E-state index in [1.54, 1.807) is 20.4 Å². The first-order valence-corrected chi connectivity index (χ1v) is 10.1. The van der Waals surface area contributed by atoms with Crippen LogP contribution in [-0.2, 0) is 6.54 Å². The van der Waals surface area contributed by atoms with E-state index in [4.69, 9.17) is 9.47 Å². The number of amides is 1. The third kappa shape index (κ3) is 4.85. The van der Waals surface area contributed by atoms with E-state index in [9.17, 15) is 13.6 Å². The van der Waals surface area contributed by atoms with Crippen LogP contribution in [0.4, 0.5) is 8.78 Å². The molecule has 4 rings (SSSR count). The SMILES string of the molecule is COc1ccc(OC)c(-c2cnc(-c3cccc(CNC(=O)c4ccc(F)c(F)c4)c3)[nH]2)c1. The number of halogens is 2. The Bertz CT molecular complexity index is 1300. The average molecular weight is 449 g/mol. The molecule has 0 atom stereocenters. The normalized spacial score (nSPS) is 10.7. The predicted octanol–water partition coefficient (Wildman–Crippen LogP) is 4.97. The van der Waals surface area contributed by atoms with Crippen molar-refractivity contribution in [1.29, 1.82) is 0 Å². The zero-order valence-electron chi connectivity index (χ0n) is 18.0. The second-order valence-corrected chi connectivity index (χ2v) is 7.22. The van der Waals surface area contributed by atoms with Crippen LogP contribution in [0.3, 0.4) is 0 Å². The molecule has 4 aromatic rings. The van der Waals surface area contributed by atoms with Gasteiger partial charge in [-0.3, -0.25) is 4.79 Å². The number of imidazole rings is 1. The number of methoxy groups -OCH3 is 2. The summed E-state index contributed by atoms with van der Waals surface area (Å²) in [6.07, 6.45) is 1.71. The summed E-state index contributed by atoms with van der Waals surface area (Å²) in [5.41, 5.74) is 3.26. The Morgan fingerprint density at radius 3 is 2.61 bits per heavy atom. The molecule has 1 heterocycles. The molecule has 0 aliphatic rings. The zero-order valence-corrected chi connectivity index (χ0v) is 18.0. The predicted molar refractivity (Wildman–Crippen MR) is 120 cm³/mol. The molecule has 8 heteroatoms. The summed E-state index contributed by atoms with van der Waals surface area (Å²) >= 11 is 0. The van der Waals surface area contributed by atoms with Gasteiger partial charge in [-0.1, -0.05) is 18.2 Å². The molecule has 0 bridgehead atoms. The Balaban J connectivity index is 1.51. The number of nitrogens with one attached hydrogen (secondary N) is 2. The van der Waals surface area contributed by atoms with Crippen LogP contribution in [0.25, 0.3) is 22.6 Å². The molecule has 0 radical (unpaired) electrons. The van der Waals surface area contributed by atoms with Gasteiger partial charge in [0, 0.05) is 23.2 Å². The largest absolute Gasteiger partial charge is 0.497 e. The molecular weight excluding hydrogens is 428 g/mol. The average Bonchev–Trinajstić information content (AvgIpc) is 3.34. The molecule has 0 saturated heterocycles. The molecule has 0 saturated carbocycles. The van der Waals surface area contributed by atoms with Gasteiger partial charge < -0.3 is 19.8 Å². The Morgan fingerprint density at radius 2 is 1.85 bits per heavy atom. The first kappa shape index (κ1) is 22.0. The van der Waals surface area contributed by atoms with E-state index >= 15 is 0 Å². The fourth-order valence-corrected chi connectivity index (χ4v) is 3.38.